The van der Waals surface area contributed by atoms with E-state index in [2.05, 4.69) is 43.3 Å². The van der Waals surface area contributed by atoms with E-state index in [0.717, 1.165) is 16.6 Å². The SMILES string of the molecule is BrC1=CC2=N[C]([Sn][c]3nnc(C4CCCC4)s3)=CCC2N=C1. The first-order valence-corrected chi connectivity index (χ1v) is 12.0. The Morgan fingerprint density at radius 2 is 2.09 bits per heavy atom. The number of nitrogens with zero attached hydrogens (tertiary/aromatic N) is 4. The van der Waals surface area contributed by atoms with Crippen molar-refractivity contribution in [1.82, 2.24) is 10.2 Å². The summed E-state index contributed by atoms with van der Waals surface area (Å²) < 4.78 is 3.52. The van der Waals surface area contributed by atoms with Gasteiger partial charge in [0, 0.05) is 0 Å². The summed E-state index contributed by atoms with van der Waals surface area (Å²) in [5, 5.41) is 10.2. The van der Waals surface area contributed by atoms with E-state index >= 15 is 0 Å². The number of hydrogen-bond donors (Lipinski definition) is 0. The Labute approximate surface area is 152 Å². The van der Waals surface area contributed by atoms with E-state index in [1.54, 1.807) is 0 Å². The van der Waals surface area contributed by atoms with Crippen molar-refractivity contribution in [3.05, 3.63) is 25.4 Å². The molecule has 1 aromatic rings. The Morgan fingerprint density at radius 1 is 1.23 bits per heavy atom. The fourth-order valence-electron chi connectivity index (χ4n) is 3.02. The summed E-state index contributed by atoms with van der Waals surface area (Å²) >= 11 is 4.41. The van der Waals surface area contributed by atoms with Crippen molar-refractivity contribution < 1.29 is 0 Å². The van der Waals surface area contributed by atoms with Crippen LogP contribution in [0, 0.1) is 0 Å². The predicted molar refractivity (Wildman–Crippen MR) is 95.9 cm³/mol. The number of rotatable bonds is 3. The second kappa shape index (κ2) is 6.65. The van der Waals surface area contributed by atoms with Crippen molar-refractivity contribution in [2.45, 2.75) is 44.1 Å². The summed E-state index contributed by atoms with van der Waals surface area (Å²) in [4.78, 5) is 9.34. The van der Waals surface area contributed by atoms with Crippen LogP contribution in [0.2, 0.25) is 0 Å². The fraction of sp³-hybridized carbons (Fsp3) is 0.467. The van der Waals surface area contributed by atoms with Crippen LogP contribution in [-0.4, -0.2) is 49.3 Å². The van der Waals surface area contributed by atoms with Crippen LogP contribution in [0.4, 0.5) is 0 Å². The molecule has 22 heavy (non-hydrogen) atoms. The van der Waals surface area contributed by atoms with Crippen LogP contribution in [-0.2, 0) is 0 Å². The van der Waals surface area contributed by atoms with Gasteiger partial charge in [0.2, 0.25) is 0 Å². The zero-order chi connectivity index (χ0) is 14.9. The summed E-state index contributed by atoms with van der Waals surface area (Å²) in [6.07, 6.45) is 12.5. The third-order valence-electron chi connectivity index (χ3n) is 4.17. The molecule has 0 bridgehead atoms. The van der Waals surface area contributed by atoms with Gasteiger partial charge in [0.05, 0.1) is 0 Å². The number of hydrogen-bond acceptors (Lipinski definition) is 5. The van der Waals surface area contributed by atoms with Crippen LogP contribution >= 0.6 is 27.3 Å². The molecule has 3 heterocycles. The second-order valence-electron chi connectivity index (χ2n) is 5.74. The van der Waals surface area contributed by atoms with Crippen molar-refractivity contribution in [2.75, 3.05) is 0 Å². The first-order chi connectivity index (χ1) is 10.8. The van der Waals surface area contributed by atoms with Gasteiger partial charge in [-0.25, -0.2) is 0 Å². The van der Waals surface area contributed by atoms with Crippen molar-refractivity contribution in [1.29, 1.82) is 0 Å². The Morgan fingerprint density at radius 3 is 2.95 bits per heavy atom. The van der Waals surface area contributed by atoms with Crippen LogP contribution in [0.5, 0.6) is 0 Å². The van der Waals surface area contributed by atoms with Gasteiger partial charge < -0.3 is 0 Å². The molecule has 0 amide bonds. The molecule has 0 N–H and O–H groups in total. The standard InChI is InChI=1S/C8H6BrN2.C7H9N2S.Sn/c9-6-4-8-7(11-5-6)2-1-3-10-8;1-2-4-6(3-1)7-9-8-5-10-7;/h1,4-5,7H,2H2;6H,1-4H2;. The summed E-state index contributed by atoms with van der Waals surface area (Å²) in [6.45, 7) is 0. The van der Waals surface area contributed by atoms with E-state index in [4.69, 9.17) is 4.99 Å². The van der Waals surface area contributed by atoms with Gasteiger partial charge in [-0.2, -0.15) is 0 Å². The fourth-order valence-corrected chi connectivity index (χ4v) is 8.29. The molecule has 0 aromatic carbocycles. The van der Waals surface area contributed by atoms with Gasteiger partial charge in [0.1, 0.15) is 0 Å². The van der Waals surface area contributed by atoms with Gasteiger partial charge in [-0.3, -0.25) is 0 Å². The quantitative estimate of drug-likeness (QED) is 0.623. The van der Waals surface area contributed by atoms with Crippen molar-refractivity contribution >= 4 is 63.4 Å². The molecule has 3 aliphatic rings. The molecule has 1 fully saturated rings. The van der Waals surface area contributed by atoms with Gasteiger partial charge in [-0.15, -0.1) is 0 Å². The molecule has 7 heteroatoms. The number of aromatic nitrogens is 2. The first-order valence-electron chi connectivity index (χ1n) is 7.57. The Bertz CT molecular complexity index is 700. The number of halogens is 1. The molecule has 4 rings (SSSR count). The topological polar surface area (TPSA) is 50.5 Å². The molecule has 4 nitrogen and oxygen atoms in total. The van der Waals surface area contributed by atoms with Gasteiger partial charge in [-0.1, -0.05) is 0 Å². The molecule has 112 valence electrons. The number of aliphatic imine (C=N–C) groups is 2. The average Bonchev–Trinajstić information content (AvgIpc) is 3.17. The molecule has 1 aliphatic carbocycles. The Hall–Kier alpha value is -0.341. The minimum absolute atomic E-state index is 0.216. The van der Waals surface area contributed by atoms with Crippen molar-refractivity contribution in [3.8, 4) is 0 Å². The van der Waals surface area contributed by atoms with E-state index in [9.17, 15) is 0 Å². The third kappa shape index (κ3) is 3.28. The first kappa shape index (κ1) is 15.2. The Kier molecular flexibility index (Phi) is 4.59. The number of allylic oxidation sites excluding steroid dienone is 1. The van der Waals surface area contributed by atoms with Crippen LogP contribution in [0.15, 0.2) is 30.3 Å². The number of dihydropyridines is 1. The van der Waals surface area contributed by atoms with Crippen LogP contribution in [0.25, 0.3) is 0 Å². The Balaban J connectivity index is 1.48. The molecule has 1 unspecified atom stereocenters. The summed E-state index contributed by atoms with van der Waals surface area (Å²) in [7, 11) is 0. The van der Waals surface area contributed by atoms with Gasteiger partial charge in [0.15, 0.2) is 0 Å². The van der Waals surface area contributed by atoms with E-state index in [-0.39, 0.29) is 6.04 Å². The van der Waals surface area contributed by atoms with E-state index in [1.165, 1.54) is 37.4 Å². The van der Waals surface area contributed by atoms with Crippen LogP contribution in [0.3, 0.4) is 0 Å². The van der Waals surface area contributed by atoms with E-state index < -0.39 is 21.1 Å². The summed E-state index contributed by atoms with van der Waals surface area (Å²) in [6, 6.07) is 0.216. The van der Waals surface area contributed by atoms with E-state index in [0.29, 0.717) is 5.92 Å². The molecule has 2 aliphatic heterocycles. The van der Waals surface area contributed by atoms with E-state index in [1.807, 2.05) is 17.6 Å². The molecular weight excluding hydrogens is 467 g/mol. The van der Waals surface area contributed by atoms with Crippen LogP contribution in [0.1, 0.15) is 43.0 Å². The summed E-state index contributed by atoms with van der Waals surface area (Å²) in [5.41, 5.74) is 1.09. The maximum absolute atomic E-state index is 4.83. The zero-order valence-corrected chi connectivity index (χ0v) is 17.3. The van der Waals surface area contributed by atoms with Gasteiger partial charge in [-0.05, 0) is 0 Å². The summed E-state index contributed by atoms with van der Waals surface area (Å²) in [5.74, 6) is 0.674. The molecule has 1 aromatic heterocycles. The van der Waals surface area contributed by atoms with Crippen LogP contribution < -0.4 is 3.02 Å². The molecule has 1 atom stereocenters. The van der Waals surface area contributed by atoms with Gasteiger partial charge in [0.25, 0.3) is 0 Å². The molecular formula is C15H15BrN4SSn. The molecule has 1 saturated carbocycles. The average molecular weight is 482 g/mol. The minimum atomic E-state index is -0.917. The normalized spacial score (nSPS) is 24.8. The second-order valence-corrected chi connectivity index (χ2v) is 12.2. The molecule has 0 saturated heterocycles. The zero-order valence-electron chi connectivity index (χ0n) is 12.0. The molecule has 2 radical (unpaired) electrons. The third-order valence-corrected chi connectivity index (χ3v) is 9.59. The monoisotopic (exact) mass is 482 g/mol. The van der Waals surface area contributed by atoms with Crippen molar-refractivity contribution in [2.24, 2.45) is 9.98 Å². The molecule has 0 spiro atoms. The number of fused-ring (bicyclic) bond motifs is 1. The maximum atomic E-state index is 4.83. The van der Waals surface area contributed by atoms with Crippen molar-refractivity contribution in [3.63, 3.8) is 0 Å². The van der Waals surface area contributed by atoms with Gasteiger partial charge >= 0.3 is 153 Å². The predicted octanol–water partition coefficient (Wildman–Crippen LogP) is 2.94.